The second-order valence-corrected chi connectivity index (χ2v) is 5.07. The van der Waals surface area contributed by atoms with Crippen molar-refractivity contribution in [3.8, 4) is 0 Å². The van der Waals surface area contributed by atoms with Crippen molar-refractivity contribution in [1.29, 1.82) is 0 Å². The highest BCUT2D eigenvalue weighted by Gasteiger charge is 2.10. The second kappa shape index (κ2) is 5.81. The van der Waals surface area contributed by atoms with Gasteiger partial charge >= 0.3 is 5.91 Å². The minimum Gasteiger partial charge on any atom is -0.455 e. The molecule has 1 aromatic carbocycles. The summed E-state index contributed by atoms with van der Waals surface area (Å²) < 4.78 is 5.38. The first-order valence-electron chi connectivity index (χ1n) is 5.68. The average molecular weight is 277 g/mol. The van der Waals surface area contributed by atoms with E-state index in [4.69, 9.17) is 16.0 Å². The number of hydrogen-bond acceptors (Lipinski definition) is 5. The molecule has 0 aliphatic carbocycles. The first kappa shape index (κ1) is 13.5. The number of hydrogen-bond donors (Lipinski definition) is 3. The first-order chi connectivity index (χ1) is 9.10. The van der Waals surface area contributed by atoms with Gasteiger partial charge in [0.25, 0.3) is 0 Å². The summed E-state index contributed by atoms with van der Waals surface area (Å²) >= 11 is 1.63. The van der Waals surface area contributed by atoms with Gasteiger partial charge in [0.2, 0.25) is 0 Å². The van der Waals surface area contributed by atoms with Crippen LogP contribution in [0.5, 0.6) is 0 Å². The third-order valence-corrected chi connectivity index (χ3v) is 3.78. The Morgan fingerprint density at radius 3 is 2.84 bits per heavy atom. The Bertz CT molecular complexity index is 595. The smallest absolute Gasteiger partial charge is 0.300 e. The quantitative estimate of drug-likeness (QED) is 0.261. The molecule has 0 spiro atoms. The number of nitrogens with one attached hydrogen (secondary N) is 1. The van der Waals surface area contributed by atoms with Gasteiger partial charge in [0.15, 0.2) is 5.76 Å². The summed E-state index contributed by atoms with van der Waals surface area (Å²) in [5, 5.41) is 0. The Morgan fingerprint density at radius 2 is 2.16 bits per heavy atom. The van der Waals surface area contributed by atoms with Crippen molar-refractivity contribution in [2.75, 3.05) is 5.73 Å². The van der Waals surface area contributed by atoms with Crippen LogP contribution in [0, 0.1) is 6.92 Å². The molecule has 5 N–H and O–H groups in total. The van der Waals surface area contributed by atoms with Gasteiger partial charge in [0.1, 0.15) is 5.76 Å². The molecule has 1 heterocycles. The summed E-state index contributed by atoms with van der Waals surface area (Å²) in [6, 6.07) is 9.15. The molecule has 5 nitrogen and oxygen atoms in total. The number of hydrazine groups is 1. The highest BCUT2D eigenvalue weighted by molar-refractivity contribution is 7.98. The molecule has 2 rings (SSSR count). The van der Waals surface area contributed by atoms with Crippen LogP contribution in [0.1, 0.15) is 21.9 Å². The van der Waals surface area contributed by atoms with Crippen LogP contribution in [0.25, 0.3) is 0 Å². The van der Waals surface area contributed by atoms with Crippen molar-refractivity contribution in [2.45, 2.75) is 17.6 Å². The minimum absolute atomic E-state index is 0.215. The molecular weight excluding hydrogens is 262 g/mol. The Labute approximate surface area is 115 Å². The SMILES string of the molecule is Cc1cc(N)ccc1SCc1ccc(C(=O)NN)o1. The zero-order valence-corrected chi connectivity index (χ0v) is 11.3. The molecule has 0 saturated carbocycles. The summed E-state index contributed by atoms with van der Waals surface area (Å²) in [4.78, 5) is 12.4. The number of nitrogen functional groups attached to an aromatic ring is 2. The standard InChI is InChI=1S/C13H15N3O2S/c1-8-6-9(14)2-5-12(8)19-7-10-3-4-11(18-10)13(17)16-15/h2-6H,7,14-15H2,1H3,(H,16,17). The van der Waals surface area contributed by atoms with E-state index in [1.54, 1.807) is 23.9 Å². The number of furan rings is 1. The second-order valence-electron chi connectivity index (χ2n) is 4.05. The maximum atomic E-state index is 11.2. The molecule has 100 valence electrons. The van der Waals surface area contributed by atoms with Crippen molar-refractivity contribution in [3.05, 3.63) is 47.4 Å². The number of amides is 1. The molecule has 19 heavy (non-hydrogen) atoms. The van der Waals surface area contributed by atoms with Crippen molar-refractivity contribution in [1.82, 2.24) is 5.43 Å². The van der Waals surface area contributed by atoms with E-state index in [9.17, 15) is 4.79 Å². The Balaban J connectivity index is 2.02. The van der Waals surface area contributed by atoms with Gasteiger partial charge in [-0.15, -0.1) is 11.8 Å². The summed E-state index contributed by atoms with van der Waals surface area (Å²) in [5.41, 5.74) is 9.61. The predicted molar refractivity (Wildman–Crippen MR) is 75.5 cm³/mol. The molecule has 1 amide bonds. The normalized spacial score (nSPS) is 10.4. The molecule has 0 aliphatic heterocycles. The van der Waals surface area contributed by atoms with E-state index in [0.29, 0.717) is 5.75 Å². The highest BCUT2D eigenvalue weighted by atomic mass is 32.2. The van der Waals surface area contributed by atoms with Crippen LogP contribution >= 0.6 is 11.8 Å². The summed E-state index contributed by atoms with van der Waals surface area (Å²) in [7, 11) is 0. The van der Waals surface area contributed by atoms with E-state index in [1.165, 1.54) is 0 Å². The van der Waals surface area contributed by atoms with Gasteiger partial charge < -0.3 is 10.2 Å². The highest BCUT2D eigenvalue weighted by Crippen LogP contribution is 2.27. The monoisotopic (exact) mass is 277 g/mol. The molecule has 0 bridgehead atoms. The lowest BCUT2D eigenvalue weighted by molar-refractivity contribution is 0.0924. The Morgan fingerprint density at radius 1 is 1.37 bits per heavy atom. The van der Waals surface area contributed by atoms with Crippen LogP contribution in [0.4, 0.5) is 5.69 Å². The number of carbonyl (C=O) groups is 1. The van der Waals surface area contributed by atoms with Crippen molar-refractivity contribution in [2.24, 2.45) is 5.84 Å². The lowest BCUT2D eigenvalue weighted by Crippen LogP contribution is -2.29. The maximum absolute atomic E-state index is 11.2. The number of thioether (sulfide) groups is 1. The minimum atomic E-state index is -0.431. The summed E-state index contributed by atoms with van der Waals surface area (Å²) in [6.07, 6.45) is 0. The lowest BCUT2D eigenvalue weighted by atomic mass is 10.2. The molecular formula is C13H15N3O2S. The van der Waals surface area contributed by atoms with Crippen molar-refractivity contribution < 1.29 is 9.21 Å². The van der Waals surface area contributed by atoms with Crippen molar-refractivity contribution in [3.63, 3.8) is 0 Å². The number of aryl methyl sites for hydroxylation is 1. The zero-order chi connectivity index (χ0) is 13.8. The predicted octanol–water partition coefficient (Wildman–Crippen LogP) is 2.07. The van der Waals surface area contributed by atoms with E-state index < -0.39 is 5.91 Å². The molecule has 0 radical (unpaired) electrons. The third-order valence-electron chi connectivity index (χ3n) is 2.59. The molecule has 6 heteroatoms. The zero-order valence-electron chi connectivity index (χ0n) is 10.5. The Kier molecular flexibility index (Phi) is 4.13. The van der Waals surface area contributed by atoms with E-state index in [0.717, 1.165) is 21.9 Å². The van der Waals surface area contributed by atoms with Crippen LogP contribution in [0.2, 0.25) is 0 Å². The summed E-state index contributed by atoms with van der Waals surface area (Å²) in [6.45, 7) is 2.01. The van der Waals surface area contributed by atoms with Gasteiger partial charge in [0.05, 0.1) is 5.75 Å². The molecule has 0 aliphatic rings. The van der Waals surface area contributed by atoms with Gasteiger partial charge in [-0.25, -0.2) is 5.84 Å². The molecule has 2 aromatic rings. The van der Waals surface area contributed by atoms with Gasteiger partial charge in [-0.3, -0.25) is 10.2 Å². The number of carbonyl (C=O) groups excluding carboxylic acids is 1. The number of nitrogens with two attached hydrogens (primary N) is 2. The molecule has 1 aromatic heterocycles. The number of rotatable bonds is 4. The van der Waals surface area contributed by atoms with E-state index >= 15 is 0 Å². The van der Waals surface area contributed by atoms with Crippen LogP contribution < -0.4 is 17.0 Å². The maximum Gasteiger partial charge on any atom is 0.300 e. The van der Waals surface area contributed by atoms with E-state index in [1.807, 2.05) is 30.5 Å². The number of benzene rings is 1. The molecule has 0 fully saturated rings. The topological polar surface area (TPSA) is 94.3 Å². The molecule has 0 unspecified atom stereocenters. The number of anilines is 1. The fourth-order valence-corrected chi connectivity index (χ4v) is 2.54. The fraction of sp³-hybridized carbons (Fsp3) is 0.154. The summed E-state index contributed by atoms with van der Waals surface area (Å²) in [5.74, 6) is 6.18. The van der Waals surface area contributed by atoms with Gasteiger partial charge in [-0.05, 0) is 42.8 Å². The van der Waals surface area contributed by atoms with E-state index in [2.05, 4.69) is 0 Å². The van der Waals surface area contributed by atoms with Crippen LogP contribution in [-0.4, -0.2) is 5.91 Å². The van der Waals surface area contributed by atoms with E-state index in [-0.39, 0.29) is 5.76 Å². The first-order valence-corrected chi connectivity index (χ1v) is 6.67. The van der Waals surface area contributed by atoms with Crippen LogP contribution in [0.3, 0.4) is 0 Å². The molecule has 0 saturated heterocycles. The molecule has 0 atom stereocenters. The van der Waals surface area contributed by atoms with Crippen LogP contribution in [0.15, 0.2) is 39.6 Å². The Hall–Kier alpha value is -1.92. The van der Waals surface area contributed by atoms with Gasteiger partial charge in [-0.1, -0.05) is 0 Å². The van der Waals surface area contributed by atoms with Gasteiger partial charge in [-0.2, -0.15) is 0 Å². The fourth-order valence-electron chi connectivity index (χ4n) is 1.63. The largest absolute Gasteiger partial charge is 0.455 e. The average Bonchev–Trinajstić information content (AvgIpc) is 2.85. The third kappa shape index (κ3) is 3.30. The lowest BCUT2D eigenvalue weighted by Gasteiger charge is -2.05. The van der Waals surface area contributed by atoms with Gasteiger partial charge in [0, 0.05) is 10.6 Å². The van der Waals surface area contributed by atoms with Crippen molar-refractivity contribution >= 4 is 23.4 Å². The van der Waals surface area contributed by atoms with Crippen LogP contribution in [-0.2, 0) is 5.75 Å².